The molecule has 7 heteroatoms. The molecule has 118 valence electrons. The molecule has 0 atom stereocenters. The third kappa shape index (κ3) is 2.39. The van der Waals surface area contributed by atoms with Crippen molar-refractivity contribution in [2.75, 3.05) is 31.2 Å². The lowest BCUT2D eigenvalue weighted by Crippen LogP contribution is -2.38. The molecule has 1 N–H and O–H groups in total. The molecule has 1 aliphatic rings. The molecule has 0 saturated carbocycles. The maximum absolute atomic E-state index is 12.4. The van der Waals surface area contributed by atoms with Gasteiger partial charge in [-0.1, -0.05) is 18.2 Å². The van der Waals surface area contributed by atoms with Crippen LogP contribution in [0, 0.1) is 6.92 Å². The summed E-state index contributed by atoms with van der Waals surface area (Å²) in [5.41, 5.74) is 1.68. The van der Waals surface area contributed by atoms with Crippen LogP contribution in [0.15, 0.2) is 35.1 Å². The summed E-state index contributed by atoms with van der Waals surface area (Å²) in [5.74, 6) is 1.31. The van der Waals surface area contributed by atoms with E-state index in [0.717, 1.165) is 11.5 Å². The summed E-state index contributed by atoms with van der Waals surface area (Å²) in [4.78, 5) is 26.3. The predicted molar refractivity (Wildman–Crippen MR) is 87.3 cm³/mol. The number of fused-ring (bicyclic) bond motifs is 1. The molecule has 7 nitrogen and oxygen atoms in total. The number of aromatic amines is 1. The normalized spacial score (nSPS) is 15.3. The van der Waals surface area contributed by atoms with E-state index in [4.69, 9.17) is 4.74 Å². The summed E-state index contributed by atoms with van der Waals surface area (Å²) in [6.07, 6.45) is 0. The van der Waals surface area contributed by atoms with Crippen LogP contribution in [0.4, 0.5) is 5.95 Å². The van der Waals surface area contributed by atoms with E-state index in [9.17, 15) is 4.79 Å². The van der Waals surface area contributed by atoms with Crippen LogP contribution in [0.5, 0.6) is 0 Å². The van der Waals surface area contributed by atoms with Crippen LogP contribution >= 0.6 is 0 Å². The van der Waals surface area contributed by atoms with Crippen molar-refractivity contribution in [2.45, 2.75) is 6.92 Å². The lowest BCUT2D eigenvalue weighted by atomic mass is 10.3. The van der Waals surface area contributed by atoms with E-state index in [1.807, 2.05) is 46.7 Å². The molecule has 0 bridgehead atoms. The highest BCUT2D eigenvalue weighted by atomic mass is 16.5. The molecule has 0 amide bonds. The molecular weight excluding hydrogens is 294 g/mol. The first-order chi connectivity index (χ1) is 11.2. The van der Waals surface area contributed by atoms with E-state index >= 15 is 0 Å². The summed E-state index contributed by atoms with van der Waals surface area (Å²) in [5, 5.41) is 0. The van der Waals surface area contributed by atoms with Crippen molar-refractivity contribution in [1.29, 1.82) is 0 Å². The molecule has 1 aliphatic heterocycles. The largest absolute Gasteiger partial charge is 0.378 e. The van der Waals surface area contributed by atoms with Gasteiger partial charge in [-0.15, -0.1) is 0 Å². The van der Waals surface area contributed by atoms with Crippen LogP contribution in [-0.4, -0.2) is 45.8 Å². The lowest BCUT2D eigenvalue weighted by Gasteiger charge is -2.27. The second-order valence-corrected chi connectivity index (χ2v) is 5.49. The van der Waals surface area contributed by atoms with Gasteiger partial charge < -0.3 is 9.64 Å². The Morgan fingerprint density at radius 2 is 1.87 bits per heavy atom. The molecule has 0 spiro atoms. The Kier molecular flexibility index (Phi) is 3.34. The maximum atomic E-state index is 12.4. The highest BCUT2D eigenvalue weighted by Crippen LogP contribution is 2.19. The molecule has 4 rings (SSSR count). The minimum absolute atomic E-state index is 0.214. The Labute approximate surface area is 132 Å². The maximum Gasteiger partial charge on any atom is 0.280 e. The number of nitrogens with zero attached hydrogens (tertiary/aromatic N) is 4. The number of H-pyrrole nitrogens is 1. The molecule has 0 aliphatic carbocycles. The van der Waals surface area contributed by atoms with Crippen molar-refractivity contribution in [2.24, 2.45) is 0 Å². The first-order valence-corrected chi connectivity index (χ1v) is 7.61. The number of aryl methyl sites for hydroxylation is 1. The average Bonchev–Trinajstić information content (AvgIpc) is 2.93. The Bertz CT molecular complexity index is 894. The third-order valence-corrected chi connectivity index (χ3v) is 4.00. The SMILES string of the molecule is Cc1nc2c(=O)[nH]c(N3CCOCC3)nc2n1-c1ccccc1. The fraction of sp³-hybridized carbons (Fsp3) is 0.312. The summed E-state index contributed by atoms with van der Waals surface area (Å²) in [6, 6.07) is 9.82. The van der Waals surface area contributed by atoms with Gasteiger partial charge in [0.25, 0.3) is 5.56 Å². The highest BCUT2D eigenvalue weighted by molar-refractivity contribution is 5.74. The molecule has 1 fully saturated rings. The first-order valence-electron chi connectivity index (χ1n) is 7.61. The standard InChI is InChI=1S/C16H17N5O2/c1-11-17-13-14(21(11)12-5-3-2-4-6-12)18-16(19-15(13)22)20-7-9-23-10-8-20/h2-6H,7-10H2,1H3,(H,18,19,22). The summed E-state index contributed by atoms with van der Waals surface area (Å²) in [6.45, 7) is 4.58. The second-order valence-electron chi connectivity index (χ2n) is 5.49. The number of nitrogens with one attached hydrogen (secondary N) is 1. The number of rotatable bonds is 2. The van der Waals surface area contributed by atoms with Gasteiger partial charge in [0.15, 0.2) is 11.2 Å². The topological polar surface area (TPSA) is 76.0 Å². The molecule has 0 unspecified atom stereocenters. The highest BCUT2D eigenvalue weighted by Gasteiger charge is 2.19. The third-order valence-electron chi connectivity index (χ3n) is 4.00. The fourth-order valence-electron chi connectivity index (χ4n) is 2.88. The molecule has 3 aromatic rings. The Hall–Kier alpha value is -2.67. The fourth-order valence-corrected chi connectivity index (χ4v) is 2.88. The molecule has 2 aromatic heterocycles. The number of morpholine rings is 1. The number of para-hydroxylation sites is 1. The van der Waals surface area contributed by atoms with Crippen LogP contribution in [0.1, 0.15) is 5.82 Å². The number of hydrogen-bond acceptors (Lipinski definition) is 5. The number of benzene rings is 1. The minimum Gasteiger partial charge on any atom is -0.378 e. The van der Waals surface area contributed by atoms with E-state index in [1.165, 1.54) is 0 Å². The number of aromatic nitrogens is 4. The van der Waals surface area contributed by atoms with E-state index in [2.05, 4.69) is 15.0 Å². The van der Waals surface area contributed by atoms with Gasteiger partial charge >= 0.3 is 0 Å². The van der Waals surface area contributed by atoms with E-state index in [1.54, 1.807) is 0 Å². The minimum atomic E-state index is -0.214. The molecule has 23 heavy (non-hydrogen) atoms. The lowest BCUT2D eigenvalue weighted by molar-refractivity contribution is 0.122. The van der Waals surface area contributed by atoms with Gasteiger partial charge in [-0.25, -0.2) is 4.98 Å². The van der Waals surface area contributed by atoms with Crippen molar-refractivity contribution >= 4 is 17.1 Å². The number of anilines is 1. The molecule has 0 radical (unpaired) electrons. The van der Waals surface area contributed by atoms with Crippen LogP contribution in [0.25, 0.3) is 16.9 Å². The van der Waals surface area contributed by atoms with Crippen molar-refractivity contribution in [3.63, 3.8) is 0 Å². The van der Waals surface area contributed by atoms with Gasteiger partial charge in [-0.05, 0) is 19.1 Å². The quantitative estimate of drug-likeness (QED) is 0.771. The Morgan fingerprint density at radius 1 is 1.13 bits per heavy atom. The van der Waals surface area contributed by atoms with Crippen molar-refractivity contribution < 1.29 is 4.74 Å². The van der Waals surface area contributed by atoms with Gasteiger partial charge in [0.1, 0.15) is 5.82 Å². The molecule has 3 heterocycles. The van der Waals surface area contributed by atoms with Crippen LogP contribution in [-0.2, 0) is 4.74 Å². The monoisotopic (exact) mass is 311 g/mol. The van der Waals surface area contributed by atoms with Crippen molar-refractivity contribution in [1.82, 2.24) is 19.5 Å². The summed E-state index contributed by atoms with van der Waals surface area (Å²) >= 11 is 0. The number of ether oxygens (including phenoxy) is 1. The van der Waals surface area contributed by atoms with E-state index in [-0.39, 0.29) is 5.56 Å². The molecule has 1 saturated heterocycles. The smallest absolute Gasteiger partial charge is 0.280 e. The average molecular weight is 311 g/mol. The first kappa shape index (κ1) is 14.0. The Morgan fingerprint density at radius 3 is 2.61 bits per heavy atom. The number of imidazole rings is 1. The zero-order valence-corrected chi connectivity index (χ0v) is 12.8. The van der Waals surface area contributed by atoms with Crippen LogP contribution in [0.2, 0.25) is 0 Å². The number of hydrogen-bond donors (Lipinski definition) is 1. The van der Waals surface area contributed by atoms with Gasteiger partial charge in [-0.2, -0.15) is 4.98 Å². The zero-order chi connectivity index (χ0) is 15.8. The van der Waals surface area contributed by atoms with E-state index < -0.39 is 0 Å². The molecule has 1 aromatic carbocycles. The van der Waals surface area contributed by atoms with Crippen molar-refractivity contribution in [3.05, 3.63) is 46.5 Å². The Balaban J connectivity index is 1.92. The zero-order valence-electron chi connectivity index (χ0n) is 12.8. The van der Waals surface area contributed by atoms with Gasteiger partial charge in [0.2, 0.25) is 5.95 Å². The van der Waals surface area contributed by atoms with Gasteiger partial charge in [0, 0.05) is 18.8 Å². The van der Waals surface area contributed by atoms with Crippen LogP contribution in [0.3, 0.4) is 0 Å². The van der Waals surface area contributed by atoms with Gasteiger partial charge in [0.05, 0.1) is 13.2 Å². The van der Waals surface area contributed by atoms with Gasteiger partial charge in [-0.3, -0.25) is 14.3 Å². The van der Waals surface area contributed by atoms with Crippen LogP contribution < -0.4 is 10.5 Å². The van der Waals surface area contributed by atoms with E-state index in [0.29, 0.717) is 43.4 Å². The predicted octanol–water partition coefficient (Wildman–Crippen LogP) is 1.25. The summed E-state index contributed by atoms with van der Waals surface area (Å²) in [7, 11) is 0. The van der Waals surface area contributed by atoms with Crippen molar-refractivity contribution in [3.8, 4) is 5.69 Å². The molecular formula is C16H17N5O2. The second kappa shape index (κ2) is 5.51. The summed E-state index contributed by atoms with van der Waals surface area (Å²) < 4.78 is 7.27.